The first-order valence-corrected chi connectivity index (χ1v) is 14.8. The molecule has 0 radical (unpaired) electrons. The number of rotatable bonds is 7. The third-order valence-electron chi connectivity index (χ3n) is 5.95. The Bertz CT molecular complexity index is 980. The molecule has 2 atom stereocenters. The Morgan fingerprint density at radius 3 is 1.88 bits per heavy atom. The molecule has 1 saturated heterocycles. The number of cyclic esters (lactones) is 1. The van der Waals surface area contributed by atoms with E-state index in [1.807, 2.05) is 30.3 Å². The fourth-order valence-corrected chi connectivity index (χ4v) is 11.4. The van der Waals surface area contributed by atoms with Crippen molar-refractivity contribution in [2.75, 3.05) is 6.61 Å². The summed E-state index contributed by atoms with van der Waals surface area (Å²) in [7, 11) is -2.62. The summed E-state index contributed by atoms with van der Waals surface area (Å²) in [5.41, 5.74) is 0. The topological polar surface area (TPSA) is 35.5 Å². The van der Waals surface area contributed by atoms with Gasteiger partial charge in [0, 0.05) is 0 Å². The van der Waals surface area contributed by atoms with Crippen molar-refractivity contribution in [2.24, 2.45) is 0 Å². The molecule has 0 aromatic heterocycles. The zero-order valence-corrected chi connectivity index (χ0v) is 21.6. The first-order chi connectivity index (χ1) is 15.4. The number of ether oxygens (including phenoxy) is 1. The van der Waals surface area contributed by atoms with E-state index >= 15 is 0 Å². The van der Waals surface area contributed by atoms with Crippen LogP contribution in [-0.2, 0) is 14.0 Å². The molecular weight excluding hydrogens is 479 g/mol. The molecule has 166 valence electrons. The average Bonchev–Trinajstić information content (AvgIpc) is 3.14. The van der Waals surface area contributed by atoms with Crippen molar-refractivity contribution in [1.29, 1.82) is 0 Å². The molecule has 0 amide bonds. The molecule has 0 saturated carbocycles. The summed E-state index contributed by atoms with van der Waals surface area (Å²) in [6.07, 6.45) is 0.533. The summed E-state index contributed by atoms with van der Waals surface area (Å²) in [4.78, 5) is 12.6. The van der Waals surface area contributed by atoms with Gasteiger partial charge in [-0.25, -0.2) is 0 Å². The summed E-state index contributed by atoms with van der Waals surface area (Å²) >= 11 is 0.0739. The number of carbonyl (C=O) groups is 1. The minimum atomic E-state index is -2.62. The van der Waals surface area contributed by atoms with Crippen molar-refractivity contribution in [3.63, 3.8) is 0 Å². The number of esters is 1. The molecule has 3 aromatic carbocycles. The van der Waals surface area contributed by atoms with Gasteiger partial charge in [0.15, 0.2) is 0 Å². The Labute approximate surface area is 198 Å². The molecule has 1 aliphatic heterocycles. The molecule has 1 heterocycles. The molecule has 1 fully saturated rings. The SMILES string of the molecule is CC(C)(C)[Si](OC[C@@H]1C[C@@H]([Se]c2ccccc2)C(=O)O1)(c1ccccc1)c1ccccc1. The third kappa shape index (κ3) is 4.77. The van der Waals surface area contributed by atoms with Crippen LogP contribution in [0.25, 0.3) is 0 Å². The van der Waals surface area contributed by atoms with E-state index in [9.17, 15) is 4.79 Å². The van der Waals surface area contributed by atoms with Crippen LogP contribution in [0.1, 0.15) is 27.2 Å². The van der Waals surface area contributed by atoms with Crippen LogP contribution in [0.15, 0.2) is 91.0 Å². The van der Waals surface area contributed by atoms with E-state index in [0.29, 0.717) is 6.61 Å². The van der Waals surface area contributed by atoms with Gasteiger partial charge in [0.1, 0.15) is 0 Å². The predicted octanol–water partition coefficient (Wildman–Crippen LogP) is 3.70. The number of benzene rings is 3. The minimum absolute atomic E-state index is 0.0438. The molecule has 0 N–H and O–H groups in total. The Kier molecular flexibility index (Phi) is 7.01. The van der Waals surface area contributed by atoms with Crippen molar-refractivity contribution in [2.45, 2.75) is 43.2 Å². The summed E-state index contributed by atoms with van der Waals surface area (Å²) in [5, 5.41) is 2.40. The van der Waals surface area contributed by atoms with Crippen molar-refractivity contribution < 1.29 is 14.0 Å². The van der Waals surface area contributed by atoms with Gasteiger partial charge in [-0.2, -0.15) is 0 Å². The predicted molar refractivity (Wildman–Crippen MR) is 134 cm³/mol. The first-order valence-electron chi connectivity index (χ1n) is 11.1. The maximum absolute atomic E-state index is 12.6. The van der Waals surface area contributed by atoms with Crippen LogP contribution < -0.4 is 14.8 Å². The first kappa shape index (κ1) is 23.0. The second-order valence-corrected chi connectivity index (χ2v) is 16.2. The third-order valence-corrected chi connectivity index (χ3v) is 13.5. The van der Waals surface area contributed by atoms with Gasteiger partial charge in [0.05, 0.1) is 0 Å². The fraction of sp³-hybridized carbons (Fsp3) is 0.296. The Morgan fingerprint density at radius 1 is 0.875 bits per heavy atom. The Balaban J connectivity index is 1.58. The molecule has 32 heavy (non-hydrogen) atoms. The van der Waals surface area contributed by atoms with Crippen molar-refractivity contribution >= 4 is 44.1 Å². The molecule has 0 unspecified atom stereocenters. The summed E-state index contributed by atoms with van der Waals surface area (Å²) in [5.74, 6) is -0.0788. The van der Waals surface area contributed by atoms with Gasteiger partial charge in [-0.3, -0.25) is 0 Å². The molecular formula is C27H30O3SeSi. The summed E-state index contributed by atoms with van der Waals surface area (Å²) < 4.78 is 14.0. The van der Waals surface area contributed by atoms with Gasteiger partial charge in [-0.05, 0) is 0 Å². The standard InChI is InChI=1S/C27H30O3SeSi/c1-27(2,3)32(23-15-9-5-10-16-23,24-17-11-6-12-18-24)29-20-21-19-25(26(28)30-21)31-22-13-7-4-8-14-22/h4-18,21,25H,19-20H2,1-3H3/t21-,25+/m0/s1. The van der Waals surface area contributed by atoms with E-state index in [0.717, 1.165) is 6.42 Å². The Hall–Kier alpha value is -2.17. The number of hydrogen-bond donors (Lipinski definition) is 0. The van der Waals surface area contributed by atoms with E-state index in [1.165, 1.54) is 14.8 Å². The molecule has 1 aliphatic rings. The monoisotopic (exact) mass is 510 g/mol. The van der Waals surface area contributed by atoms with Gasteiger partial charge in [0.2, 0.25) is 0 Å². The van der Waals surface area contributed by atoms with Crippen LogP contribution in [0.2, 0.25) is 9.85 Å². The molecule has 0 spiro atoms. The fourth-order valence-electron chi connectivity index (χ4n) is 4.46. The van der Waals surface area contributed by atoms with Crippen molar-refractivity contribution in [3.05, 3.63) is 91.0 Å². The quantitative estimate of drug-likeness (QED) is 0.360. The van der Waals surface area contributed by atoms with E-state index < -0.39 is 8.32 Å². The Morgan fingerprint density at radius 2 is 1.38 bits per heavy atom. The van der Waals surface area contributed by atoms with Crippen LogP contribution >= 0.6 is 0 Å². The maximum atomic E-state index is 12.6. The van der Waals surface area contributed by atoms with Gasteiger partial charge < -0.3 is 0 Å². The molecule has 5 heteroatoms. The van der Waals surface area contributed by atoms with E-state index in [1.54, 1.807) is 0 Å². The van der Waals surface area contributed by atoms with Crippen LogP contribution in [0.5, 0.6) is 0 Å². The van der Waals surface area contributed by atoms with Crippen LogP contribution in [-0.4, -0.2) is 42.0 Å². The van der Waals surface area contributed by atoms with Gasteiger partial charge in [-0.1, -0.05) is 0 Å². The zero-order valence-electron chi connectivity index (χ0n) is 18.9. The van der Waals surface area contributed by atoms with Crippen molar-refractivity contribution in [1.82, 2.24) is 0 Å². The van der Waals surface area contributed by atoms with E-state index in [-0.39, 0.29) is 36.9 Å². The molecule has 3 aromatic rings. The van der Waals surface area contributed by atoms with Gasteiger partial charge in [0.25, 0.3) is 0 Å². The summed E-state index contributed by atoms with van der Waals surface area (Å²) in [6, 6.07) is 31.4. The van der Waals surface area contributed by atoms with E-state index in [2.05, 4.69) is 81.4 Å². The molecule has 3 nitrogen and oxygen atoms in total. The van der Waals surface area contributed by atoms with Gasteiger partial charge >= 0.3 is 199 Å². The van der Waals surface area contributed by atoms with E-state index in [4.69, 9.17) is 9.16 Å². The molecule has 0 bridgehead atoms. The van der Waals surface area contributed by atoms with Gasteiger partial charge in [-0.15, -0.1) is 0 Å². The number of hydrogen-bond acceptors (Lipinski definition) is 3. The van der Waals surface area contributed by atoms with Crippen LogP contribution in [0.3, 0.4) is 0 Å². The van der Waals surface area contributed by atoms with Crippen LogP contribution in [0.4, 0.5) is 0 Å². The molecule has 0 aliphatic carbocycles. The summed E-state index contributed by atoms with van der Waals surface area (Å²) in [6.45, 7) is 7.23. The van der Waals surface area contributed by atoms with Crippen LogP contribution in [0, 0.1) is 0 Å². The molecule has 4 rings (SSSR count). The second-order valence-electron chi connectivity index (χ2n) is 9.19. The second kappa shape index (κ2) is 9.76. The van der Waals surface area contributed by atoms with Crippen molar-refractivity contribution in [3.8, 4) is 0 Å². The zero-order chi connectivity index (χ0) is 22.6. The number of carbonyl (C=O) groups excluding carboxylic acids is 1. The normalized spacial score (nSPS) is 19.0. The average molecular weight is 510 g/mol.